The molecule has 29 heavy (non-hydrogen) atoms. The normalized spacial score (nSPS) is 14.6. The standard InChI is InChI=1S/C16H27N5O8/c1-3-7(2)13(15(27)20-9(16(28)29)5-10(18)22)21-11(23)6-19-14(26)8(17)4-12(24)25/h7-9,13H,3-6,17H2,1-2H3,(H2,18,22)(H,19,26)(H,20,27)(H,21,23)(H,24,25)(H,28,29). The van der Waals surface area contributed by atoms with Gasteiger partial charge in [0.2, 0.25) is 23.6 Å². The fourth-order valence-electron chi connectivity index (χ4n) is 2.17. The zero-order valence-electron chi connectivity index (χ0n) is 16.1. The summed E-state index contributed by atoms with van der Waals surface area (Å²) < 4.78 is 0. The highest BCUT2D eigenvalue weighted by Crippen LogP contribution is 2.09. The summed E-state index contributed by atoms with van der Waals surface area (Å²) in [6.07, 6.45) is -0.802. The molecule has 0 aliphatic rings. The van der Waals surface area contributed by atoms with Crippen molar-refractivity contribution in [1.29, 1.82) is 0 Å². The first kappa shape index (κ1) is 25.8. The summed E-state index contributed by atoms with van der Waals surface area (Å²) in [6.45, 7) is 2.80. The number of rotatable bonds is 13. The van der Waals surface area contributed by atoms with Crippen LogP contribution in [0.3, 0.4) is 0 Å². The highest BCUT2D eigenvalue weighted by Gasteiger charge is 2.30. The van der Waals surface area contributed by atoms with Gasteiger partial charge in [-0.15, -0.1) is 0 Å². The average Bonchev–Trinajstić information content (AvgIpc) is 2.61. The number of carboxylic acid groups (broad SMARTS) is 2. The summed E-state index contributed by atoms with van der Waals surface area (Å²) in [5.74, 6) is -6.56. The summed E-state index contributed by atoms with van der Waals surface area (Å²) in [5.41, 5.74) is 10.3. The molecule has 0 radical (unpaired) electrons. The van der Waals surface area contributed by atoms with Crippen LogP contribution in [0.5, 0.6) is 0 Å². The van der Waals surface area contributed by atoms with E-state index in [1.165, 1.54) is 0 Å². The topological polar surface area (TPSA) is 231 Å². The van der Waals surface area contributed by atoms with Crippen molar-refractivity contribution >= 4 is 35.6 Å². The molecule has 164 valence electrons. The largest absolute Gasteiger partial charge is 0.481 e. The van der Waals surface area contributed by atoms with Gasteiger partial charge in [-0.3, -0.25) is 24.0 Å². The minimum Gasteiger partial charge on any atom is -0.481 e. The third-order valence-corrected chi connectivity index (χ3v) is 3.99. The van der Waals surface area contributed by atoms with Crippen LogP contribution < -0.4 is 27.4 Å². The van der Waals surface area contributed by atoms with E-state index in [0.717, 1.165) is 0 Å². The van der Waals surface area contributed by atoms with Crippen molar-refractivity contribution < 1.29 is 39.0 Å². The van der Waals surface area contributed by atoms with Crippen molar-refractivity contribution in [2.45, 2.75) is 51.2 Å². The van der Waals surface area contributed by atoms with Crippen LogP contribution in [0.25, 0.3) is 0 Å². The second-order valence-corrected chi connectivity index (χ2v) is 6.42. The van der Waals surface area contributed by atoms with Gasteiger partial charge in [-0.2, -0.15) is 0 Å². The number of aliphatic carboxylic acids is 2. The second kappa shape index (κ2) is 12.3. The zero-order valence-corrected chi connectivity index (χ0v) is 16.1. The number of hydrogen-bond donors (Lipinski definition) is 7. The van der Waals surface area contributed by atoms with Crippen LogP contribution in [0.4, 0.5) is 0 Å². The molecule has 0 rings (SSSR count). The number of amides is 4. The minimum absolute atomic E-state index is 0.410. The molecule has 0 aromatic rings. The number of carbonyl (C=O) groups is 6. The van der Waals surface area contributed by atoms with E-state index in [1.807, 2.05) is 0 Å². The highest BCUT2D eigenvalue weighted by molar-refractivity contribution is 5.94. The number of nitrogens with one attached hydrogen (secondary N) is 3. The molecule has 0 saturated carbocycles. The molecule has 4 atom stereocenters. The van der Waals surface area contributed by atoms with Crippen LogP contribution in [0, 0.1) is 5.92 Å². The lowest BCUT2D eigenvalue weighted by atomic mass is 9.97. The second-order valence-electron chi connectivity index (χ2n) is 6.42. The van der Waals surface area contributed by atoms with Gasteiger partial charge < -0.3 is 37.6 Å². The first-order valence-electron chi connectivity index (χ1n) is 8.74. The van der Waals surface area contributed by atoms with Crippen LogP contribution in [0.15, 0.2) is 0 Å². The fourth-order valence-corrected chi connectivity index (χ4v) is 2.17. The molecule has 9 N–H and O–H groups in total. The van der Waals surface area contributed by atoms with Crippen molar-refractivity contribution in [3.05, 3.63) is 0 Å². The maximum atomic E-state index is 12.4. The van der Waals surface area contributed by atoms with Crippen LogP contribution >= 0.6 is 0 Å². The first-order valence-corrected chi connectivity index (χ1v) is 8.74. The maximum Gasteiger partial charge on any atom is 0.326 e. The Morgan fingerprint density at radius 3 is 2.00 bits per heavy atom. The summed E-state index contributed by atoms with van der Waals surface area (Å²) in [7, 11) is 0. The Bertz CT molecular complexity index is 653. The summed E-state index contributed by atoms with van der Waals surface area (Å²) in [5, 5.41) is 24.3. The molecule has 13 heteroatoms. The van der Waals surface area contributed by atoms with Gasteiger partial charge in [0.25, 0.3) is 0 Å². The molecule has 0 aliphatic carbocycles. The molecule has 0 aromatic carbocycles. The van der Waals surface area contributed by atoms with E-state index in [9.17, 15) is 28.8 Å². The molecule has 4 unspecified atom stereocenters. The van der Waals surface area contributed by atoms with E-state index in [0.29, 0.717) is 6.42 Å². The Labute approximate surface area is 166 Å². The van der Waals surface area contributed by atoms with Crippen molar-refractivity contribution in [3.8, 4) is 0 Å². The average molecular weight is 417 g/mol. The van der Waals surface area contributed by atoms with Gasteiger partial charge in [0, 0.05) is 0 Å². The zero-order chi connectivity index (χ0) is 22.7. The molecule has 0 heterocycles. The van der Waals surface area contributed by atoms with Gasteiger partial charge in [0.05, 0.1) is 25.4 Å². The Balaban J connectivity index is 4.97. The van der Waals surface area contributed by atoms with Gasteiger partial charge in [-0.25, -0.2) is 4.79 Å². The smallest absolute Gasteiger partial charge is 0.326 e. The molecule has 0 aliphatic heterocycles. The summed E-state index contributed by atoms with van der Waals surface area (Å²) in [6, 6.07) is -4.05. The number of hydrogen-bond acceptors (Lipinski definition) is 7. The highest BCUT2D eigenvalue weighted by atomic mass is 16.4. The summed E-state index contributed by atoms with van der Waals surface area (Å²) in [4.78, 5) is 68.8. The monoisotopic (exact) mass is 417 g/mol. The lowest BCUT2D eigenvalue weighted by Gasteiger charge is -2.25. The van der Waals surface area contributed by atoms with Gasteiger partial charge in [0.1, 0.15) is 12.1 Å². The Morgan fingerprint density at radius 1 is 0.966 bits per heavy atom. The van der Waals surface area contributed by atoms with Crippen molar-refractivity contribution in [2.75, 3.05) is 6.54 Å². The molecule has 13 nitrogen and oxygen atoms in total. The first-order chi connectivity index (χ1) is 13.4. The molecular formula is C16H27N5O8. The Hall–Kier alpha value is -3.22. The van der Waals surface area contributed by atoms with Crippen molar-refractivity contribution in [2.24, 2.45) is 17.4 Å². The van der Waals surface area contributed by atoms with E-state index in [4.69, 9.17) is 21.7 Å². The van der Waals surface area contributed by atoms with Crippen LogP contribution in [-0.4, -0.2) is 70.5 Å². The van der Waals surface area contributed by atoms with E-state index < -0.39 is 79.0 Å². The van der Waals surface area contributed by atoms with E-state index in [-0.39, 0.29) is 0 Å². The van der Waals surface area contributed by atoms with Crippen molar-refractivity contribution in [3.63, 3.8) is 0 Å². The van der Waals surface area contributed by atoms with Gasteiger partial charge in [0.15, 0.2) is 0 Å². The van der Waals surface area contributed by atoms with Gasteiger partial charge >= 0.3 is 11.9 Å². The predicted octanol–water partition coefficient (Wildman–Crippen LogP) is -3.12. The van der Waals surface area contributed by atoms with Crippen LogP contribution in [0.1, 0.15) is 33.1 Å². The number of carboxylic acids is 2. The third kappa shape index (κ3) is 10.0. The quantitative estimate of drug-likeness (QED) is 0.160. The molecule has 0 aromatic heterocycles. The third-order valence-electron chi connectivity index (χ3n) is 3.99. The van der Waals surface area contributed by atoms with Crippen LogP contribution in [-0.2, 0) is 28.8 Å². The van der Waals surface area contributed by atoms with Gasteiger partial charge in [-0.05, 0) is 5.92 Å². The van der Waals surface area contributed by atoms with E-state index in [2.05, 4.69) is 16.0 Å². The predicted molar refractivity (Wildman–Crippen MR) is 98.0 cm³/mol. The fraction of sp³-hybridized carbons (Fsp3) is 0.625. The van der Waals surface area contributed by atoms with E-state index in [1.54, 1.807) is 13.8 Å². The minimum atomic E-state index is -1.56. The maximum absolute atomic E-state index is 12.4. The van der Waals surface area contributed by atoms with Crippen molar-refractivity contribution in [1.82, 2.24) is 16.0 Å². The Morgan fingerprint density at radius 2 is 1.55 bits per heavy atom. The van der Waals surface area contributed by atoms with Crippen LogP contribution in [0.2, 0.25) is 0 Å². The lowest BCUT2D eigenvalue weighted by molar-refractivity contribution is -0.144. The molecular weight excluding hydrogens is 390 g/mol. The lowest BCUT2D eigenvalue weighted by Crippen LogP contribution is -2.56. The Kier molecular flexibility index (Phi) is 10.9. The number of nitrogens with two attached hydrogens (primary N) is 2. The molecule has 0 fully saturated rings. The number of primary amides is 1. The van der Waals surface area contributed by atoms with Gasteiger partial charge in [-0.1, -0.05) is 20.3 Å². The summed E-state index contributed by atoms with van der Waals surface area (Å²) >= 11 is 0. The number of carbonyl (C=O) groups excluding carboxylic acids is 4. The molecule has 4 amide bonds. The van der Waals surface area contributed by atoms with E-state index >= 15 is 0 Å². The SMILES string of the molecule is CCC(C)C(NC(=O)CNC(=O)C(N)CC(=O)O)C(=O)NC(CC(N)=O)C(=O)O. The molecule has 0 saturated heterocycles. The molecule has 0 bridgehead atoms. The molecule has 0 spiro atoms.